The Bertz CT molecular complexity index is 1150. The molecule has 184 valence electrons. The van der Waals surface area contributed by atoms with Crippen molar-refractivity contribution < 1.29 is 19.1 Å². The molecule has 3 heterocycles. The molecule has 1 saturated heterocycles. The summed E-state index contributed by atoms with van der Waals surface area (Å²) in [5, 5.41) is 15.1. The van der Waals surface area contributed by atoms with Gasteiger partial charge in [0, 0.05) is 30.5 Å². The van der Waals surface area contributed by atoms with Gasteiger partial charge in [-0.15, -0.1) is 10.2 Å². The van der Waals surface area contributed by atoms with Gasteiger partial charge in [-0.1, -0.05) is 0 Å². The van der Waals surface area contributed by atoms with Gasteiger partial charge in [0.25, 0.3) is 5.91 Å². The molecule has 1 aliphatic rings. The average molecular weight is 479 g/mol. The number of aromatic nitrogens is 4. The number of anilines is 2. The summed E-state index contributed by atoms with van der Waals surface area (Å²) < 4.78 is 12.2. The van der Waals surface area contributed by atoms with Crippen molar-refractivity contribution in [2.24, 2.45) is 0 Å². The van der Waals surface area contributed by atoms with Crippen molar-refractivity contribution in [3.63, 3.8) is 0 Å². The monoisotopic (exact) mass is 478 g/mol. The van der Waals surface area contributed by atoms with E-state index >= 15 is 0 Å². The molecule has 3 aromatic rings. The van der Waals surface area contributed by atoms with Crippen LogP contribution in [0.25, 0.3) is 5.82 Å². The Hall–Kier alpha value is -3.95. The van der Waals surface area contributed by atoms with Gasteiger partial charge in [-0.25, -0.2) is 9.48 Å². The van der Waals surface area contributed by atoms with E-state index in [1.807, 2.05) is 31.2 Å². The third-order valence-corrected chi connectivity index (χ3v) is 5.87. The molecule has 1 fully saturated rings. The molecule has 1 aliphatic heterocycles. The van der Waals surface area contributed by atoms with Crippen LogP contribution in [0.4, 0.5) is 11.4 Å². The summed E-state index contributed by atoms with van der Waals surface area (Å²) in [7, 11) is 0. The highest BCUT2D eigenvalue weighted by Gasteiger charge is 2.23. The molecule has 1 aromatic carbocycles. The SMILES string of the molecule is CCOc1ccc(-n2ncc(C(=O)OC(C)C(=O)Nc3ccc(N4CCCCC4)cc3)c2C)nn1. The first-order valence-corrected chi connectivity index (χ1v) is 11.8. The number of piperidine rings is 1. The summed E-state index contributed by atoms with van der Waals surface area (Å²) in [6.07, 6.45) is 4.08. The predicted octanol–water partition coefficient (Wildman–Crippen LogP) is 3.54. The lowest BCUT2D eigenvalue weighted by atomic mass is 10.1. The smallest absolute Gasteiger partial charge is 0.342 e. The number of nitrogens with one attached hydrogen (secondary N) is 1. The van der Waals surface area contributed by atoms with E-state index in [1.165, 1.54) is 37.1 Å². The molecular weight excluding hydrogens is 448 g/mol. The largest absolute Gasteiger partial charge is 0.477 e. The second-order valence-electron chi connectivity index (χ2n) is 8.35. The number of nitrogens with zero attached hydrogens (tertiary/aromatic N) is 5. The first-order valence-electron chi connectivity index (χ1n) is 11.8. The third kappa shape index (κ3) is 5.76. The molecule has 0 bridgehead atoms. The van der Waals surface area contributed by atoms with Gasteiger partial charge in [-0.3, -0.25) is 4.79 Å². The quantitative estimate of drug-likeness (QED) is 0.490. The first-order chi connectivity index (χ1) is 17.0. The van der Waals surface area contributed by atoms with Crippen LogP contribution in [0.15, 0.2) is 42.6 Å². The Morgan fingerprint density at radius 1 is 1.06 bits per heavy atom. The van der Waals surface area contributed by atoms with Gasteiger partial charge in [0.05, 0.1) is 18.5 Å². The number of benzene rings is 1. The van der Waals surface area contributed by atoms with Gasteiger partial charge < -0.3 is 19.7 Å². The van der Waals surface area contributed by atoms with Gasteiger partial charge in [0.2, 0.25) is 5.88 Å². The molecule has 0 spiro atoms. The summed E-state index contributed by atoms with van der Waals surface area (Å²) in [5.41, 5.74) is 2.56. The predicted molar refractivity (Wildman–Crippen MR) is 131 cm³/mol. The van der Waals surface area contributed by atoms with E-state index < -0.39 is 18.0 Å². The van der Waals surface area contributed by atoms with E-state index in [-0.39, 0.29) is 5.56 Å². The minimum atomic E-state index is -0.989. The number of hydrogen-bond donors (Lipinski definition) is 1. The van der Waals surface area contributed by atoms with Gasteiger partial charge in [-0.05, 0) is 70.4 Å². The molecule has 1 atom stereocenters. The summed E-state index contributed by atoms with van der Waals surface area (Å²) in [6.45, 7) is 7.71. The molecule has 10 nitrogen and oxygen atoms in total. The number of carbonyl (C=O) groups is 2. The van der Waals surface area contributed by atoms with Gasteiger partial charge in [0.1, 0.15) is 5.56 Å². The van der Waals surface area contributed by atoms with Crippen molar-refractivity contribution in [2.45, 2.75) is 46.1 Å². The van der Waals surface area contributed by atoms with Crippen molar-refractivity contribution in [2.75, 3.05) is 29.9 Å². The normalized spacial score (nSPS) is 14.3. The number of rotatable bonds is 8. The lowest BCUT2D eigenvalue weighted by Crippen LogP contribution is -2.30. The van der Waals surface area contributed by atoms with E-state index in [2.05, 4.69) is 25.5 Å². The first kappa shape index (κ1) is 24.2. The Labute approximate surface area is 204 Å². The summed E-state index contributed by atoms with van der Waals surface area (Å²) in [5.74, 6) is -0.215. The minimum Gasteiger partial charge on any atom is -0.477 e. The van der Waals surface area contributed by atoms with Crippen molar-refractivity contribution in [1.29, 1.82) is 0 Å². The number of ether oxygens (including phenoxy) is 2. The van der Waals surface area contributed by atoms with Crippen LogP contribution < -0.4 is 15.0 Å². The molecule has 35 heavy (non-hydrogen) atoms. The van der Waals surface area contributed by atoms with Crippen molar-refractivity contribution in [1.82, 2.24) is 20.0 Å². The Morgan fingerprint density at radius 2 is 1.80 bits per heavy atom. The fraction of sp³-hybridized carbons (Fsp3) is 0.400. The van der Waals surface area contributed by atoms with Crippen LogP contribution in [0.1, 0.15) is 49.2 Å². The number of carbonyl (C=O) groups excluding carboxylic acids is 2. The maximum Gasteiger partial charge on any atom is 0.342 e. The van der Waals surface area contributed by atoms with Crippen LogP contribution in [-0.4, -0.2) is 57.7 Å². The van der Waals surface area contributed by atoms with Crippen LogP contribution in [0.5, 0.6) is 5.88 Å². The average Bonchev–Trinajstić information content (AvgIpc) is 3.27. The van der Waals surface area contributed by atoms with Crippen molar-refractivity contribution in [3.8, 4) is 11.7 Å². The van der Waals surface area contributed by atoms with Crippen molar-refractivity contribution in [3.05, 3.63) is 53.9 Å². The highest BCUT2D eigenvalue weighted by Crippen LogP contribution is 2.22. The highest BCUT2D eigenvalue weighted by atomic mass is 16.5. The topological polar surface area (TPSA) is 111 Å². The van der Waals surface area contributed by atoms with E-state index in [1.54, 1.807) is 19.1 Å². The fourth-order valence-corrected chi connectivity index (χ4v) is 3.92. The number of hydrogen-bond acceptors (Lipinski definition) is 8. The van der Waals surface area contributed by atoms with Gasteiger partial charge in [0.15, 0.2) is 11.9 Å². The molecule has 0 radical (unpaired) electrons. The third-order valence-electron chi connectivity index (χ3n) is 5.87. The van der Waals surface area contributed by atoms with Crippen LogP contribution in [-0.2, 0) is 9.53 Å². The Morgan fingerprint density at radius 3 is 2.46 bits per heavy atom. The zero-order valence-electron chi connectivity index (χ0n) is 20.2. The van der Waals surface area contributed by atoms with E-state index in [0.717, 1.165) is 18.8 Å². The van der Waals surface area contributed by atoms with E-state index in [9.17, 15) is 9.59 Å². The maximum absolute atomic E-state index is 12.7. The summed E-state index contributed by atoms with van der Waals surface area (Å²) in [6, 6.07) is 11.1. The molecule has 1 amide bonds. The molecular formula is C25H30N6O4. The second-order valence-corrected chi connectivity index (χ2v) is 8.35. The Kier molecular flexibility index (Phi) is 7.59. The minimum absolute atomic E-state index is 0.242. The second kappa shape index (κ2) is 11.0. The maximum atomic E-state index is 12.7. The molecule has 0 saturated carbocycles. The van der Waals surface area contributed by atoms with Crippen LogP contribution >= 0.6 is 0 Å². The molecule has 1 N–H and O–H groups in total. The van der Waals surface area contributed by atoms with E-state index in [0.29, 0.717) is 29.7 Å². The summed E-state index contributed by atoms with van der Waals surface area (Å²) >= 11 is 0. The summed E-state index contributed by atoms with van der Waals surface area (Å²) in [4.78, 5) is 27.7. The lowest BCUT2D eigenvalue weighted by molar-refractivity contribution is -0.123. The molecule has 4 rings (SSSR count). The van der Waals surface area contributed by atoms with Gasteiger partial charge in [-0.2, -0.15) is 5.10 Å². The highest BCUT2D eigenvalue weighted by molar-refractivity contribution is 5.97. The van der Waals surface area contributed by atoms with E-state index in [4.69, 9.17) is 9.47 Å². The van der Waals surface area contributed by atoms with Crippen molar-refractivity contribution >= 4 is 23.3 Å². The molecule has 1 unspecified atom stereocenters. The zero-order valence-corrected chi connectivity index (χ0v) is 20.2. The van der Waals surface area contributed by atoms with Crippen LogP contribution in [0.2, 0.25) is 0 Å². The molecule has 2 aromatic heterocycles. The molecule has 0 aliphatic carbocycles. The van der Waals surface area contributed by atoms with Gasteiger partial charge >= 0.3 is 5.97 Å². The standard InChI is InChI=1S/C25H30N6O4/c1-4-34-23-13-12-22(28-29-23)31-17(2)21(16-26-31)25(33)35-18(3)24(32)27-19-8-10-20(11-9-19)30-14-6-5-7-15-30/h8-13,16,18H,4-7,14-15H2,1-3H3,(H,27,32). The van der Waals surface area contributed by atoms with Crippen LogP contribution in [0.3, 0.4) is 0 Å². The zero-order chi connectivity index (χ0) is 24.8. The molecule has 10 heteroatoms. The van der Waals surface area contributed by atoms with Crippen LogP contribution in [0, 0.1) is 6.92 Å². The number of esters is 1. The lowest BCUT2D eigenvalue weighted by Gasteiger charge is -2.28. The number of amides is 1. The fourth-order valence-electron chi connectivity index (χ4n) is 3.92. The Balaban J connectivity index is 1.35.